The summed E-state index contributed by atoms with van der Waals surface area (Å²) in [6.45, 7) is 5.83. The van der Waals surface area contributed by atoms with E-state index in [4.69, 9.17) is 4.98 Å². The average Bonchev–Trinajstić information content (AvgIpc) is 2.81. The summed E-state index contributed by atoms with van der Waals surface area (Å²) in [7, 11) is 0. The number of aromatic nitrogens is 2. The molecule has 1 heterocycles. The fraction of sp³-hybridized carbons (Fsp3) is 0.562. The highest BCUT2D eigenvalue weighted by atomic mass is 16.3. The smallest absolute Gasteiger partial charge is 0.126 e. The van der Waals surface area contributed by atoms with Crippen molar-refractivity contribution in [3.8, 4) is 0 Å². The summed E-state index contributed by atoms with van der Waals surface area (Å²) in [5.74, 6) is 1.05. The highest BCUT2D eigenvalue weighted by Crippen LogP contribution is 2.31. The molecular weight excluding hydrogens is 250 g/mol. The third-order valence-corrected chi connectivity index (χ3v) is 4.41. The average molecular weight is 273 g/mol. The molecule has 1 aromatic heterocycles. The van der Waals surface area contributed by atoms with Crippen LogP contribution in [0.5, 0.6) is 0 Å². The number of nitrogens with zero attached hydrogens (tertiary/aromatic N) is 2. The zero-order valence-electron chi connectivity index (χ0n) is 12.3. The first-order valence-electron chi connectivity index (χ1n) is 7.54. The number of fused-ring (bicyclic) bond motifs is 1. The Labute approximate surface area is 119 Å². The molecule has 2 N–H and O–H groups in total. The van der Waals surface area contributed by atoms with E-state index in [0.29, 0.717) is 6.54 Å². The van der Waals surface area contributed by atoms with Gasteiger partial charge in [0, 0.05) is 13.1 Å². The molecule has 0 radical (unpaired) electrons. The van der Waals surface area contributed by atoms with Crippen molar-refractivity contribution in [2.75, 3.05) is 6.54 Å². The van der Waals surface area contributed by atoms with Crippen molar-refractivity contribution in [2.45, 2.75) is 51.3 Å². The predicted octanol–water partition coefficient (Wildman–Crippen LogP) is 2.62. The molecule has 0 aliphatic heterocycles. The van der Waals surface area contributed by atoms with Gasteiger partial charge in [0.15, 0.2) is 0 Å². The minimum atomic E-state index is -0.489. The first kappa shape index (κ1) is 13.6. The van der Waals surface area contributed by atoms with Crippen molar-refractivity contribution < 1.29 is 5.11 Å². The molecule has 4 nitrogen and oxygen atoms in total. The molecule has 1 atom stereocenters. The van der Waals surface area contributed by atoms with Crippen LogP contribution in [0.3, 0.4) is 0 Å². The first-order chi connectivity index (χ1) is 9.63. The molecule has 0 amide bonds. The van der Waals surface area contributed by atoms with E-state index in [2.05, 4.69) is 41.9 Å². The van der Waals surface area contributed by atoms with E-state index in [1.807, 2.05) is 6.07 Å². The predicted molar refractivity (Wildman–Crippen MR) is 80.6 cm³/mol. The van der Waals surface area contributed by atoms with E-state index in [1.54, 1.807) is 0 Å². The van der Waals surface area contributed by atoms with Gasteiger partial charge in [-0.15, -0.1) is 0 Å². The summed E-state index contributed by atoms with van der Waals surface area (Å²) in [5.41, 5.74) is 1.73. The zero-order chi connectivity index (χ0) is 14.2. The third-order valence-electron chi connectivity index (χ3n) is 4.41. The molecule has 0 saturated heterocycles. The Kier molecular flexibility index (Phi) is 3.52. The number of hydrogen-bond donors (Lipinski definition) is 2. The second kappa shape index (κ2) is 5.19. The van der Waals surface area contributed by atoms with Gasteiger partial charge in [-0.3, -0.25) is 0 Å². The normalized spacial score (nSPS) is 18.9. The van der Waals surface area contributed by atoms with Crippen LogP contribution in [0.25, 0.3) is 11.0 Å². The Morgan fingerprint density at radius 3 is 2.80 bits per heavy atom. The summed E-state index contributed by atoms with van der Waals surface area (Å²) < 4.78 is 2.25. The highest BCUT2D eigenvalue weighted by molar-refractivity contribution is 5.76. The fourth-order valence-electron chi connectivity index (χ4n) is 2.95. The summed E-state index contributed by atoms with van der Waals surface area (Å²) in [5, 5.41) is 13.6. The van der Waals surface area contributed by atoms with Gasteiger partial charge in [-0.25, -0.2) is 4.98 Å². The Balaban J connectivity index is 1.81. The Morgan fingerprint density at radius 1 is 1.40 bits per heavy atom. The van der Waals surface area contributed by atoms with Crippen molar-refractivity contribution in [2.24, 2.45) is 0 Å². The maximum atomic E-state index is 10.2. The van der Waals surface area contributed by atoms with Gasteiger partial charge < -0.3 is 15.0 Å². The standard InChI is InChI=1S/C16H23N3O/c1-3-19-14-8-5-4-7-13(14)18-15(19)12(2)17-11-16(20)9-6-10-16/h4-5,7-8,12,17,20H,3,6,9-11H2,1-2H3. The number of rotatable bonds is 5. The lowest BCUT2D eigenvalue weighted by atomic mass is 9.80. The molecule has 1 fully saturated rings. The van der Waals surface area contributed by atoms with Crippen LogP contribution in [0.4, 0.5) is 0 Å². The molecular formula is C16H23N3O. The molecule has 3 rings (SSSR count). The molecule has 1 aromatic carbocycles. The molecule has 20 heavy (non-hydrogen) atoms. The van der Waals surface area contributed by atoms with E-state index in [9.17, 15) is 5.11 Å². The van der Waals surface area contributed by atoms with E-state index >= 15 is 0 Å². The van der Waals surface area contributed by atoms with Crippen molar-refractivity contribution in [1.29, 1.82) is 0 Å². The Morgan fingerprint density at radius 2 is 2.15 bits per heavy atom. The van der Waals surface area contributed by atoms with Gasteiger partial charge in [0.25, 0.3) is 0 Å². The quantitative estimate of drug-likeness (QED) is 0.880. The SMILES string of the molecule is CCn1c(C(C)NCC2(O)CCC2)nc2ccccc21. The highest BCUT2D eigenvalue weighted by Gasteiger charge is 2.34. The molecule has 1 aliphatic rings. The summed E-state index contributed by atoms with van der Waals surface area (Å²) in [6, 6.07) is 8.38. The Bertz CT molecular complexity index is 601. The number of benzene rings is 1. The van der Waals surface area contributed by atoms with Gasteiger partial charge in [0.2, 0.25) is 0 Å². The molecule has 1 saturated carbocycles. The molecule has 108 valence electrons. The number of aliphatic hydroxyl groups is 1. The minimum absolute atomic E-state index is 0.145. The lowest BCUT2D eigenvalue weighted by molar-refractivity contribution is -0.0331. The topological polar surface area (TPSA) is 50.1 Å². The number of aryl methyl sites for hydroxylation is 1. The minimum Gasteiger partial charge on any atom is -0.389 e. The van der Waals surface area contributed by atoms with E-state index in [1.165, 1.54) is 5.52 Å². The summed E-state index contributed by atoms with van der Waals surface area (Å²) in [6.07, 6.45) is 2.97. The second-order valence-corrected chi connectivity index (χ2v) is 5.88. The molecule has 2 aromatic rings. The number of hydrogen-bond acceptors (Lipinski definition) is 3. The zero-order valence-corrected chi connectivity index (χ0v) is 12.3. The summed E-state index contributed by atoms with van der Waals surface area (Å²) in [4.78, 5) is 4.75. The van der Waals surface area contributed by atoms with Crippen LogP contribution in [-0.4, -0.2) is 26.8 Å². The van der Waals surface area contributed by atoms with Crippen molar-refractivity contribution in [1.82, 2.24) is 14.9 Å². The van der Waals surface area contributed by atoms with Crippen molar-refractivity contribution in [3.05, 3.63) is 30.1 Å². The van der Waals surface area contributed by atoms with E-state index in [-0.39, 0.29) is 6.04 Å². The van der Waals surface area contributed by atoms with Gasteiger partial charge in [-0.2, -0.15) is 0 Å². The number of imidazole rings is 1. The first-order valence-corrected chi connectivity index (χ1v) is 7.54. The fourth-order valence-corrected chi connectivity index (χ4v) is 2.95. The van der Waals surface area contributed by atoms with Gasteiger partial charge in [0.1, 0.15) is 5.82 Å². The maximum absolute atomic E-state index is 10.2. The molecule has 0 spiro atoms. The van der Waals surface area contributed by atoms with Gasteiger partial charge in [0.05, 0.1) is 22.7 Å². The monoisotopic (exact) mass is 273 g/mol. The number of para-hydroxylation sites is 2. The molecule has 1 unspecified atom stereocenters. The van der Waals surface area contributed by atoms with Crippen LogP contribution in [0.1, 0.15) is 45.0 Å². The van der Waals surface area contributed by atoms with E-state index in [0.717, 1.165) is 37.1 Å². The van der Waals surface area contributed by atoms with Gasteiger partial charge >= 0.3 is 0 Å². The van der Waals surface area contributed by atoms with Crippen LogP contribution in [0, 0.1) is 0 Å². The van der Waals surface area contributed by atoms with Crippen LogP contribution < -0.4 is 5.32 Å². The molecule has 1 aliphatic carbocycles. The Hall–Kier alpha value is -1.39. The molecule has 0 bridgehead atoms. The van der Waals surface area contributed by atoms with Crippen LogP contribution in [0.15, 0.2) is 24.3 Å². The third kappa shape index (κ3) is 2.34. The van der Waals surface area contributed by atoms with E-state index < -0.39 is 5.60 Å². The molecule has 4 heteroatoms. The van der Waals surface area contributed by atoms with Crippen LogP contribution >= 0.6 is 0 Å². The second-order valence-electron chi connectivity index (χ2n) is 5.88. The number of nitrogens with one attached hydrogen (secondary N) is 1. The van der Waals surface area contributed by atoms with Crippen molar-refractivity contribution in [3.63, 3.8) is 0 Å². The lowest BCUT2D eigenvalue weighted by Crippen LogP contribution is -2.47. The van der Waals surface area contributed by atoms with Crippen LogP contribution in [0.2, 0.25) is 0 Å². The lowest BCUT2D eigenvalue weighted by Gasteiger charge is -2.37. The van der Waals surface area contributed by atoms with Gasteiger partial charge in [-0.05, 0) is 45.2 Å². The largest absolute Gasteiger partial charge is 0.389 e. The van der Waals surface area contributed by atoms with Gasteiger partial charge in [-0.1, -0.05) is 12.1 Å². The van der Waals surface area contributed by atoms with Crippen molar-refractivity contribution >= 4 is 11.0 Å². The van der Waals surface area contributed by atoms with Crippen LogP contribution in [-0.2, 0) is 6.54 Å². The summed E-state index contributed by atoms with van der Waals surface area (Å²) >= 11 is 0. The maximum Gasteiger partial charge on any atom is 0.126 e.